The van der Waals surface area contributed by atoms with Crippen LogP contribution >= 0.6 is 11.6 Å². The number of halogens is 1. The summed E-state index contributed by atoms with van der Waals surface area (Å²) >= 11 is 5.91. The third-order valence-corrected chi connectivity index (χ3v) is 2.19. The van der Waals surface area contributed by atoms with Crippen molar-refractivity contribution in [1.29, 1.82) is 0 Å². The summed E-state index contributed by atoms with van der Waals surface area (Å²) in [6, 6.07) is 7.55. The highest BCUT2D eigenvalue weighted by molar-refractivity contribution is 6.31. The van der Waals surface area contributed by atoms with Crippen LogP contribution in [0, 0.1) is 0 Å². The fourth-order valence-corrected chi connectivity index (χ4v) is 1.29. The van der Waals surface area contributed by atoms with Crippen LogP contribution in [0.2, 0.25) is 5.02 Å². The van der Waals surface area contributed by atoms with E-state index in [0.29, 0.717) is 12.8 Å². The summed E-state index contributed by atoms with van der Waals surface area (Å²) in [5.41, 5.74) is 1.01. The van der Waals surface area contributed by atoms with E-state index in [9.17, 15) is 4.79 Å². The zero-order valence-corrected chi connectivity index (χ0v) is 8.05. The predicted octanol–water partition coefficient (Wildman–Crippen LogP) is 3.03. The summed E-state index contributed by atoms with van der Waals surface area (Å²) in [6.07, 6.45) is 2.51. The summed E-state index contributed by atoms with van der Waals surface area (Å²) in [5.74, 6) is 0.0555. The molecule has 1 nitrogen and oxygen atoms in total. The summed E-state index contributed by atoms with van der Waals surface area (Å²) in [7, 11) is 0. The monoisotopic (exact) mass is 194 g/mol. The number of benzene rings is 1. The van der Waals surface area contributed by atoms with Gasteiger partial charge in [0.2, 0.25) is 0 Å². The van der Waals surface area contributed by atoms with E-state index < -0.39 is 0 Å². The fourth-order valence-electron chi connectivity index (χ4n) is 1.06. The van der Waals surface area contributed by atoms with Gasteiger partial charge in [0.05, 0.1) is 0 Å². The van der Waals surface area contributed by atoms with E-state index in [1.54, 1.807) is 0 Å². The van der Waals surface area contributed by atoms with E-state index in [1.165, 1.54) is 6.08 Å². The molecule has 0 aromatic heterocycles. The molecule has 0 saturated heterocycles. The molecule has 68 valence electrons. The molecule has 0 fully saturated rings. The highest BCUT2D eigenvalue weighted by atomic mass is 35.5. The van der Waals surface area contributed by atoms with Crippen LogP contribution < -0.4 is 0 Å². The van der Waals surface area contributed by atoms with Gasteiger partial charge in [-0.1, -0.05) is 36.4 Å². The molecule has 0 spiro atoms. The average molecular weight is 195 g/mol. The molecule has 1 rings (SSSR count). The first-order valence-electron chi connectivity index (χ1n) is 4.12. The molecule has 0 radical (unpaired) electrons. The van der Waals surface area contributed by atoms with Crippen LogP contribution in [0.3, 0.4) is 0 Å². The lowest BCUT2D eigenvalue weighted by Gasteiger charge is -2.00. The Bertz CT molecular complexity index is 318. The van der Waals surface area contributed by atoms with Gasteiger partial charge in [0.1, 0.15) is 0 Å². The molecule has 0 heterocycles. The molecule has 1 aromatic carbocycles. The minimum absolute atomic E-state index is 0.0555. The van der Waals surface area contributed by atoms with Crippen molar-refractivity contribution in [2.24, 2.45) is 0 Å². The zero-order chi connectivity index (χ0) is 9.68. The molecule has 2 heteroatoms. The highest BCUT2D eigenvalue weighted by Crippen LogP contribution is 2.16. The first-order chi connectivity index (χ1) is 6.24. The van der Waals surface area contributed by atoms with Gasteiger partial charge in [-0.25, -0.2) is 0 Å². The van der Waals surface area contributed by atoms with Gasteiger partial charge in [0.15, 0.2) is 5.78 Å². The van der Waals surface area contributed by atoms with Crippen molar-refractivity contribution in [2.75, 3.05) is 0 Å². The Morgan fingerprint density at radius 1 is 1.46 bits per heavy atom. The lowest BCUT2D eigenvalue weighted by Crippen LogP contribution is -1.95. The van der Waals surface area contributed by atoms with E-state index >= 15 is 0 Å². The third-order valence-electron chi connectivity index (χ3n) is 1.83. The first kappa shape index (κ1) is 10.0. The summed E-state index contributed by atoms with van der Waals surface area (Å²) in [5, 5.41) is 0.722. The maximum absolute atomic E-state index is 10.9. The third kappa shape index (κ3) is 3.03. The lowest BCUT2D eigenvalue weighted by atomic mass is 10.1. The van der Waals surface area contributed by atoms with Crippen molar-refractivity contribution in [2.45, 2.75) is 12.8 Å². The minimum atomic E-state index is 0.0555. The number of carbonyl (C=O) groups is 1. The van der Waals surface area contributed by atoms with Crippen LogP contribution in [0.15, 0.2) is 36.9 Å². The molecule has 0 saturated carbocycles. The van der Waals surface area contributed by atoms with Crippen LogP contribution in [0.1, 0.15) is 12.0 Å². The van der Waals surface area contributed by atoms with Gasteiger partial charge in [0, 0.05) is 11.4 Å². The molecule has 1 aromatic rings. The molecule has 0 aliphatic heterocycles. The first-order valence-corrected chi connectivity index (χ1v) is 4.50. The quantitative estimate of drug-likeness (QED) is 0.674. The van der Waals surface area contributed by atoms with E-state index in [2.05, 4.69) is 6.58 Å². The van der Waals surface area contributed by atoms with Gasteiger partial charge >= 0.3 is 0 Å². The van der Waals surface area contributed by atoms with Crippen LogP contribution in [-0.2, 0) is 11.2 Å². The average Bonchev–Trinajstić information content (AvgIpc) is 2.16. The Balaban J connectivity index is 2.59. The van der Waals surface area contributed by atoms with Crippen molar-refractivity contribution >= 4 is 17.4 Å². The number of ketones is 1. The molecular weight excluding hydrogens is 184 g/mol. The summed E-state index contributed by atoms with van der Waals surface area (Å²) in [4.78, 5) is 10.9. The maximum Gasteiger partial charge on any atom is 0.155 e. The van der Waals surface area contributed by atoms with Gasteiger partial charge in [-0.3, -0.25) is 4.79 Å². The number of hydrogen-bond donors (Lipinski definition) is 0. The van der Waals surface area contributed by atoms with E-state index in [0.717, 1.165) is 10.6 Å². The Kier molecular flexibility index (Phi) is 3.71. The van der Waals surface area contributed by atoms with Crippen LogP contribution in [-0.4, -0.2) is 5.78 Å². The molecule has 0 bridgehead atoms. The summed E-state index contributed by atoms with van der Waals surface area (Å²) < 4.78 is 0. The van der Waals surface area contributed by atoms with Gasteiger partial charge in [-0.15, -0.1) is 0 Å². The molecule has 0 aliphatic rings. The zero-order valence-electron chi connectivity index (χ0n) is 7.29. The van der Waals surface area contributed by atoms with Crippen molar-refractivity contribution < 1.29 is 4.79 Å². The molecule has 0 atom stereocenters. The highest BCUT2D eigenvalue weighted by Gasteiger charge is 2.01. The summed E-state index contributed by atoms with van der Waals surface area (Å²) in [6.45, 7) is 3.41. The number of hydrogen-bond acceptors (Lipinski definition) is 1. The van der Waals surface area contributed by atoms with Gasteiger partial charge in [-0.05, 0) is 24.1 Å². The Morgan fingerprint density at radius 2 is 2.15 bits per heavy atom. The molecular formula is C11H11ClO. The van der Waals surface area contributed by atoms with Crippen molar-refractivity contribution in [3.63, 3.8) is 0 Å². The Morgan fingerprint density at radius 3 is 2.77 bits per heavy atom. The second-order valence-corrected chi connectivity index (χ2v) is 3.17. The fraction of sp³-hybridized carbons (Fsp3) is 0.182. The van der Waals surface area contributed by atoms with Crippen molar-refractivity contribution in [3.05, 3.63) is 47.5 Å². The molecule has 13 heavy (non-hydrogen) atoms. The van der Waals surface area contributed by atoms with Crippen LogP contribution in [0.4, 0.5) is 0 Å². The second kappa shape index (κ2) is 4.83. The van der Waals surface area contributed by atoms with Gasteiger partial charge in [-0.2, -0.15) is 0 Å². The number of carbonyl (C=O) groups excluding carboxylic acids is 1. The molecule has 0 amide bonds. The lowest BCUT2D eigenvalue weighted by molar-refractivity contribution is -0.114. The second-order valence-electron chi connectivity index (χ2n) is 2.76. The largest absolute Gasteiger partial charge is 0.295 e. The van der Waals surface area contributed by atoms with Gasteiger partial charge in [0.25, 0.3) is 0 Å². The Hall–Kier alpha value is -1.08. The molecule has 0 N–H and O–H groups in total. The van der Waals surface area contributed by atoms with Gasteiger partial charge < -0.3 is 0 Å². The van der Waals surface area contributed by atoms with Crippen LogP contribution in [0.25, 0.3) is 0 Å². The van der Waals surface area contributed by atoms with Crippen LogP contribution in [0.5, 0.6) is 0 Å². The SMILES string of the molecule is C=CC(=O)CCc1ccccc1Cl. The normalized spacial score (nSPS) is 9.62. The number of aryl methyl sites for hydroxylation is 1. The number of allylic oxidation sites excluding steroid dienone is 1. The van der Waals surface area contributed by atoms with Crippen molar-refractivity contribution in [1.82, 2.24) is 0 Å². The topological polar surface area (TPSA) is 17.1 Å². The smallest absolute Gasteiger partial charge is 0.155 e. The minimum Gasteiger partial charge on any atom is -0.295 e. The number of rotatable bonds is 4. The predicted molar refractivity (Wildman–Crippen MR) is 55.0 cm³/mol. The van der Waals surface area contributed by atoms with E-state index in [4.69, 9.17) is 11.6 Å². The maximum atomic E-state index is 10.9. The molecule has 0 unspecified atom stereocenters. The molecule has 0 aliphatic carbocycles. The van der Waals surface area contributed by atoms with E-state index in [1.807, 2.05) is 24.3 Å². The standard InChI is InChI=1S/C11H11ClO/c1-2-10(13)8-7-9-5-3-4-6-11(9)12/h2-6H,1,7-8H2. The Labute approximate surface area is 83.0 Å². The van der Waals surface area contributed by atoms with E-state index in [-0.39, 0.29) is 5.78 Å². The van der Waals surface area contributed by atoms with Crippen molar-refractivity contribution in [3.8, 4) is 0 Å².